The number of nitrogens with zero attached hydrogens (tertiary/aromatic N) is 4. The van der Waals surface area contributed by atoms with Crippen molar-refractivity contribution in [3.05, 3.63) is 12.0 Å². The number of halogens is 1. The van der Waals surface area contributed by atoms with Crippen molar-refractivity contribution in [2.75, 3.05) is 43.4 Å². The lowest BCUT2D eigenvalue weighted by molar-refractivity contribution is 0.327. The van der Waals surface area contributed by atoms with Crippen molar-refractivity contribution in [2.24, 2.45) is 0 Å². The van der Waals surface area contributed by atoms with Crippen LogP contribution in [0.3, 0.4) is 0 Å². The number of hydrogen-bond acceptors (Lipinski definition) is 5. The summed E-state index contributed by atoms with van der Waals surface area (Å²) in [5.74, 6) is 0.587. The fourth-order valence-electron chi connectivity index (χ4n) is 2.67. The monoisotopic (exact) mass is 281 g/mol. The van der Waals surface area contributed by atoms with E-state index in [4.69, 9.17) is 0 Å². The second kappa shape index (κ2) is 6.83. The third-order valence-electron chi connectivity index (χ3n) is 3.71. The van der Waals surface area contributed by atoms with Crippen LogP contribution in [-0.4, -0.2) is 54.1 Å². The molecule has 0 radical (unpaired) electrons. The number of anilines is 2. The van der Waals surface area contributed by atoms with Crippen LogP contribution in [0.2, 0.25) is 0 Å². The summed E-state index contributed by atoms with van der Waals surface area (Å²) in [6, 6.07) is 0.293. The van der Waals surface area contributed by atoms with Gasteiger partial charge in [-0.25, -0.2) is 9.37 Å². The molecule has 1 unspecified atom stereocenters. The minimum Gasteiger partial charge on any atom is -0.354 e. The third kappa shape index (κ3) is 3.36. The molecule has 1 atom stereocenters. The van der Waals surface area contributed by atoms with E-state index in [2.05, 4.69) is 39.1 Å². The van der Waals surface area contributed by atoms with E-state index in [0.717, 1.165) is 39.0 Å². The topological polar surface area (TPSA) is 44.3 Å². The van der Waals surface area contributed by atoms with Crippen molar-refractivity contribution in [2.45, 2.75) is 32.7 Å². The van der Waals surface area contributed by atoms with E-state index in [1.54, 1.807) is 0 Å². The van der Waals surface area contributed by atoms with Crippen LogP contribution in [0.5, 0.6) is 0 Å². The summed E-state index contributed by atoms with van der Waals surface area (Å²) in [6.07, 6.45) is 3.26. The number of hydrogen-bond donors (Lipinski definition) is 1. The van der Waals surface area contributed by atoms with Crippen LogP contribution in [0.15, 0.2) is 6.20 Å². The molecule has 1 fully saturated rings. The maximum absolute atomic E-state index is 14.1. The zero-order valence-electron chi connectivity index (χ0n) is 12.6. The Morgan fingerprint density at radius 3 is 2.90 bits per heavy atom. The van der Waals surface area contributed by atoms with Gasteiger partial charge in [0.1, 0.15) is 0 Å². The van der Waals surface area contributed by atoms with Crippen LogP contribution in [-0.2, 0) is 0 Å². The molecule has 2 rings (SSSR count). The standard InChI is InChI=1S/C14H24FN5/c1-4-11-10-19(3)7-6-8-20(11)13-12(15)9-17-14(18-13)16-5-2/h9,11H,4-8,10H2,1-3H3,(H,16,17,18). The van der Waals surface area contributed by atoms with Gasteiger partial charge in [-0.05, 0) is 33.4 Å². The lowest BCUT2D eigenvalue weighted by atomic mass is 10.2. The summed E-state index contributed by atoms with van der Waals surface area (Å²) in [5.41, 5.74) is 0. The molecule has 5 nitrogen and oxygen atoms in total. The Morgan fingerprint density at radius 2 is 2.20 bits per heavy atom. The Morgan fingerprint density at radius 1 is 1.40 bits per heavy atom. The average Bonchev–Trinajstić information content (AvgIpc) is 2.62. The van der Waals surface area contributed by atoms with E-state index in [-0.39, 0.29) is 5.82 Å². The second-order valence-electron chi connectivity index (χ2n) is 5.27. The number of nitrogens with one attached hydrogen (secondary N) is 1. The summed E-state index contributed by atoms with van der Waals surface area (Å²) in [6.45, 7) is 7.66. The van der Waals surface area contributed by atoms with Crippen LogP contribution >= 0.6 is 0 Å². The number of rotatable bonds is 4. The van der Waals surface area contributed by atoms with Crippen LogP contribution in [0.25, 0.3) is 0 Å². The highest BCUT2D eigenvalue weighted by atomic mass is 19.1. The third-order valence-corrected chi connectivity index (χ3v) is 3.71. The van der Waals surface area contributed by atoms with Gasteiger partial charge in [-0.2, -0.15) is 4.98 Å². The maximum Gasteiger partial charge on any atom is 0.224 e. The Bertz CT molecular complexity index is 440. The first kappa shape index (κ1) is 15.0. The molecule has 0 amide bonds. The predicted octanol–water partition coefficient (Wildman–Crippen LogP) is 1.97. The van der Waals surface area contributed by atoms with Gasteiger partial charge in [0.05, 0.1) is 6.20 Å². The van der Waals surface area contributed by atoms with Gasteiger partial charge in [-0.15, -0.1) is 0 Å². The van der Waals surface area contributed by atoms with Gasteiger partial charge in [0, 0.05) is 25.7 Å². The SMILES string of the molecule is CCNc1ncc(F)c(N2CCCN(C)CC2CC)n1. The smallest absolute Gasteiger partial charge is 0.224 e. The molecule has 1 aliphatic rings. The zero-order valence-corrected chi connectivity index (χ0v) is 12.6. The van der Waals surface area contributed by atoms with Crippen LogP contribution in [0, 0.1) is 5.82 Å². The van der Waals surface area contributed by atoms with Gasteiger partial charge < -0.3 is 15.1 Å². The lowest BCUT2D eigenvalue weighted by Gasteiger charge is -2.31. The summed E-state index contributed by atoms with van der Waals surface area (Å²) >= 11 is 0. The molecule has 1 N–H and O–H groups in total. The van der Waals surface area contributed by atoms with Crippen LogP contribution in [0.4, 0.5) is 16.2 Å². The molecule has 6 heteroatoms. The van der Waals surface area contributed by atoms with Crippen molar-refractivity contribution in [3.63, 3.8) is 0 Å². The number of likely N-dealkylation sites (N-methyl/N-ethyl adjacent to an activating group) is 1. The Hall–Kier alpha value is -1.43. The van der Waals surface area contributed by atoms with Gasteiger partial charge in [0.15, 0.2) is 11.6 Å². The molecule has 0 spiro atoms. The van der Waals surface area contributed by atoms with Crippen molar-refractivity contribution in [3.8, 4) is 0 Å². The molecule has 1 aliphatic heterocycles. The summed E-state index contributed by atoms with van der Waals surface area (Å²) < 4.78 is 14.1. The van der Waals surface area contributed by atoms with Crippen LogP contribution < -0.4 is 10.2 Å². The minimum atomic E-state index is -0.338. The quantitative estimate of drug-likeness (QED) is 0.914. The molecule has 2 heterocycles. The zero-order chi connectivity index (χ0) is 14.5. The first-order chi connectivity index (χ1) is 9.65. The van der Waals surface area contributed by atoms with Crippen LogP contribution in [0.1, 0.15) is 26.7 Å². The molecule has 112 valence electrons. The normalized spacial score (nSPS) is 20.8. The highest BCUT2D eigenvalue weighted by Gasteiger charge is 2.25. The summed E-state index contributed by atoms with van der Waals surface area (Å²) in [4.78, 5) is 12.7. The molecule has 20 heavy (non-hydrogen) atoms. The van der Waals surface area contributed by atoms with E-state index in [0.29, 0.717) is 17.8 Å². The second-order valence-corrected chi connectivity index (χ2v) is 5.27. The van der Waals surface area contributed by atoms with Crippen molar-refractivity contribution >= 4 is 11.8 Å². The van der Waals surface area contributed by atoms with E-state index < -0.39 is 0 Å². The molecule has 0 saturated carbocycles. The average molecular weight is 281 g/mol. The van der Waals surface area contributed by atoms with E-state index >= 15 is 0 Å². The van der Waals surface area contributed by atoms with Crippen molar-refractivity contribution < 1.29 is 4.39 Å². The fourth-order valence-corrected chi connectivity index (χ4v) is 2.67. The van der Waals surface area contributed by atoms with E-state index in [1.807, 2.05) is 6.92 Å². The summed E-state index contributed by atoms with van der Waals surface area (Å²) in [5, 5.41) is 3.05. The predicted molar refractivity (Wildman–Crippen MR) is 79.7 cm³/mol. The molecule has 0 bridgehead atoms. The maximum atomic E-state index is 14.1. The van der Waals surface area contributed by atoms with Gasteiger partial charge in [0.25, 0.3) is 0 Å². The molecular weight excluding hydrogens is 257 g/mol. The van der Waals surface area contributed by atoms with Gasteiger partial charge >= 0.3 is 0 Å². The van der Waals surface area contributed by atoms with Gasteiger partial charge in [0.2, 0.25) is 5.95 Å². The van der Waals surface area contributed by atoms with Gasteiger partial charge in [-0.3, -0.25) is 0 Å². The van der Waals surface area contributed by atoms with Gasteiger partial charge in [-0.1, -0.05) is 6.92 Å². The minimum absolute atomic E-state index is 0.293. The van der Waals surface area contributed by atoms with Crippen molar-refractivity contribution in [1.82, 2.24) is 14.9 Å². The molecule has 1 aromatic heterocycles. The Kier molecular flexibility index (Phi) is 5.11. The van der Waals surface area contributed by atoms with E-state index in [9.17, 15) is 4.39 Å². The Balaban J connectivity index is 2.29. The number of aromatic nitrogens is 2. The molecule has 0 aromatic carbocycles. The van der Waals surface area contributed by atoms with E-state index in [1.165, 1.54) is 6.20 Å². The molecule has 0 aliphatic carbocycles. The lowest BCUT2D eigenvalue weighted by Crippen LogP contribution is -2.40. The highest BCUT2D eigenvalue weighted by molar-refractivity contribution is 5.45. The first-order valence-electron chi connectivity index (χ1n) is 7.37. The Labute approximate surface area is 120 Å². The molecule has 1 saturated heterocycles. The fraction of sp³-hybridized carbons (Fsp3) is 0.714. The largest absolute Gasteiger partial charge is 0.354 e. The summed E-state index contributed by atoms with van der Waals surface area (Å²) in [7, 11) is 2.12. The molecular formula is C14H24FN5. The highest BCUT2D eigenvalue weighted by Crippen LogP contribution is 2.23. The van der Waals surface area contributed by atoms with Crippen molar-refractivity contribution in [1.29, 1.82) is 0 Å². The molecule has 1 aromatic rings. The first-order valence-corrected chi connectivity index (χ1v) is 7.37.